The van der Waals surface area contributed by atoms with Crippen LogP contribution in [0.3, 0.4) is 0 Å². The van der Waals surface area contributed by atoms with Crippen molar-refractivity contribution in [2.24, 2.45) is 0 Å². The number of anilines is 1. The summed E-state index contributed by atoms with van der Waals surface area (Å²) in [6.07, 6.45) is 4.03. The van der Waals surface area contributed by atoms with E-state index in [1.165, 1.54) is 0 Å². The number of rotatable bonds is 3. The van der Waals surface area contributed by atoms with E-state index in [0.717, 1.165) is 42.5 Å². The van der Waals surface area contributed by atoms with Crippen molar-refractivity contribution in [2.75, 3.05) is 31.2 Å². The maximum Gasteiger partial charge on any atom is 0.419 e. The normalized spacial score (nSPS) is 14.8. The van der Waals surface area contributed by atoms with Crippen LogP contribution in [0.2, 0.25) is 0 Å². The zero-order valence-electron chi connectivity index (χ0n) is 10.6. The van der Waals surface area contributed by atoms with Crippen molar-refractivity contribution in [3.05, 3.63) is 29.8 Å². The fourth-order valence-corrected chi connectivity index (χ4v) is 1.98. The van der Waals surface area contributed by atoms with Gasteiger partial charge in [0.25, 0.3) is 0 Å². The first-order chi connectivity index (χ1) is 9.20. The van der Waals surface area contributed by atoms with E-state index in [2.05, 4.69) is 10.9 Å². The molecular weight excluding hydrogens is 244 g/mol. The molecule has 1 saturated heterocycles. The molecule has 0 bridgehead atoms. The van der Waals surface area contributed by atoms with Crippen molar-refractivity contribution < 1.29 is 14.6 Å². The van der Waals surface area contributed by atoms with Gasteiger partial charge in [0.1, 0.15) is 0 Å². The lowest BCUT2D eigenvalue weighted by Crippen LogP contribution is -2.36. The molecule has 0 unspecified atom stereocenters. The molecule has 1 aliphatic heterocycles. The third kappa shape index (κ3) is 3.39. The van der Waals surface area contributed by atoms with Gasteiger partial charge in [-0.1, -0.05) is 18.6 Å². The Hall–Kier alpha value is -2.19. The second kappa shape index (κ2) is 6.12. The highest BCUT2D eigenvalue weighted by molar-refractivity contribution is 5.67. The molecule has 0 aliphatic carbocycles. The SMILES string of the molecule is C#CN(Cc1ccc(N2CCOCC2)cc1)C(=O)O. The zero-order valence-corrected chi connectivity index (χ0v) is 10.6. The minimum absolute atomic E-state index is 0.204. The highest BCUT2D eigenvalue weighted by atomic mass is 16.5. The number of hydrogen-bond donors (Lipinski definition) is 1. The number of ether oxygens (including phenoxy) is 1. The molecule has 2 rings (SSSR count). The van der Waals surface area contributed by atoms with Gasteiger partial charge in [-0.05, 0) is 17.7 Å². The number of morpholine rings is 1. The standard InChI is InChI=1S/C14H16N2O3/c1-2-15(14(17)18)11-12-3-5-13(6-4-12)16-7-9-19-10-8-16/h1,3-6H,7-11H2,(H,17,18). The first-order valence-electron chi connectivity index (χ1n) is 6.09. The molecule has 0 atom stereocenters. The van der Waals surface area contributed by atoms with Crippen LogP contribution in [-0.4, -0.2) is 42.4 Å². The van der Waals surface area contributed by atoms with Gasteiger partial charge >= 0.3 is 6.09 Å². The molecule has 19 heavy (non-hydrogen) atoms. The number of amides is 1. The smallest absolute Gasteiger partial charge is 0.419 e. The molecular formula is C14H16N2O3. The van der Waals surface area contributed by atoms with E-state index in [1.807, 2.05) is 24.3 Å². The second-order valence-corrected chi connectivity index (χ2v) is 4.26. The van der Waals surface area contributed by atoms with Crippen molar-refractivity contribution >= 4 is 11.8 Å². The summed E-state index contributed by atoms with van der Waals surface area (Å²) in [5.74, 6) is 0. The van der Waals surface area contributed by atoms with Crippen LogP contribution in [0.25, 0.3) is 0 Å². The quantitative estimate of drug-likeness (QED) is 0.662. The van der Waals surface area contributed by atoms with Gasteiger partial charge in [0.15, 0.2) is 0 Å². The van der Waals surface area contributed by atoms with Gasteiger partial charge in [-0.2, -0.15) is 0 Å². The first-order valence-corrected chi connectivity index (χ1v) is 6.09. The van der Waals surface area contributed by atoms with Crippen molar-refractivity contribution in [1.82, 2.24) is 4.90 Å². The molecule has 1 heterocycles. The first kappa shape index (κ1) is 13.2. The summed E-state index contributed by atoms with van der Waals surface area (Å²) in [5, 5.41) is 8.85. The Morgan fingerprint density at radius 3 is 2.53 bits per heavy atom. The van der Waals surface area contributed by atoms with Crippen molar-refractivity contribution in [3.63, 3.8) is 0 Å². The van der Waals surface area contributed by atoms with Crippen molar-refractivity contribution in [3.8, 4) is 12.5 Å². The number of benzene rings is 1. The van der Waals surface area contributed by atoms with E-state index in [-0.39, 0.29) is 6.54 Å². The summed E-state index contributed by atoms with van der Waals surface area (Å²) in [5.41, 5.74) is 1.99. The van der Waals surface area contributed by atoms with Gasteiger partial charge in [0, 0.05) is 24.8 Å². The molecule has 1 N–H and O–H groups in total. The fourth-order valence-electron chi connectivity index (χ4n) is 1.98. The van der Waals surface area contributed by atoms with Crippen molar-refractivity contribution in [2.45, 2.75) is 6.54 Å². The zero-order chi connectivity index (χ0) is 13.7. The highest BCUT2D eigenvalue weighted by Gasteiger charge is 2.12. The Morgan fingerprint density at radius 2 is 2.00 bits per heavy atom. The lowest BCUT2D eigenvalue weighted by atomic mass is 10.2. The summed E-state index contributed by atoms with van der Waals surface area (Å²) in [7, 11) is 0. The predicted molar refractivity (Wildman–Crippen MR) is 71.9 cm³/mol. The van der Waals surface area contributed by atoms with E-state index in [1.54, 1.807) is 0 Å². The van der Waals surface area contributed by atoms with Gasteiger partial charge in [-0.25, -0.2) is 9.69 Å². The van der Waals surface area contributed by atoms with Crippen LogP contribution in [0, 0.1) is 12.5 Å². The molecule has 1 fully saturated rings. The van der Waals surface area contributed by atoms with Crippen LogP contribution in [0.4, 0.5) is 10.5 Å². The van der Waals surface area contributed by atoms with Crippen LogP contribution in [0.15, 0.2) is 24.3 Å². The van der Waals surface area contributed by atoms with Crippen molar-refractivity contribution in [1.29, 1.82) is 0 Å². The minimum Gasteiger partial charge on any atom is -0.464 e. The predicted octanol–water partition coefficient (Wildman–Crippen LogP) is 1.59. The number of terminal acetylenes is 1. The molecule has 5 nitrogen and oxygen atoms in total. The molecule has 0 saturated carbocycles. The lowest BCUT2D eigenvalue weighted by Gasteiger charge is -2.29. The molecule has 1 aliphatic rings. The second-order valence-electron chi connectivity index (χ2n) is 4.26. The van der Waals surface area contributed by atoms with Crippen LogP contribution in [0.1, 0.15) is 5.56 Å². The van der Waals surface area contributed by atoms with E-state index in [0.29, 0.717) is 0 Å². The molecule has 0 aromatic heterocycles. The minimum atomic E-state index is -1.11. The lowest BCUT2D eigenvalue weighted by molar-refractivity contribution is 0.122. The van der Waals surface area contributed by atoms with Gasteiger partial charge in [0.2, 0.25) is 0 Å². The molecule has 1 aromatic carbocycles. The summed E-state index contributed by atoms with van der Waals surface area (Å²) < 4.78 is 5.30. The van der Waals surface area contributed by atoms with Gasteiger partial charge in [-0.3, -0.25) is 0 Å². The molecule has 1 amide bonds. The Balaban J connectivity index is 2.02. The molecule has 100 valence electrons. The van der Waals surface area contributed by atoms with Crippen LogP contribution in [-0.2, 0) is 11.3 Å². The van der Waals surface area contributed by atoms with Crippen LogP contribution >= 0.6 is 0 Å². The average Bonchev–Trinajstić information content (AvgIpc) is 2.46. The van der Waals surface area contributed by atoms with Gasteiger partial charge < -0.3 is 14.7 Å². The molecule has 5 heteroatoms. The fraction of sp³-hybridized carbons (Fsp3) is 0.357. The number of hydrogen-bond acceptors (Lipinski definition) is 3. The largest absolute Gasteiger partial charge is 0.464 e. The van der Waals surface area contributed by atoms with E-state index >= 15 is 0 Å². The van der Waals surface area contributed by atoms with E-state index in [9.17, 15) is 4.79 Å². The number of carboxylic acid groups (broad SMARTS) is 1. The summed E-state index contributed by atoms with van der Waals surface area (Å²) in [6, 6.07) is 9.90. The topological polar surface area (TPSA) is 53.0 Å². The maximum atomic E-state index is 10.8. The number of nitrogens with zero attached hydrogens (tertiary/aromatic N) is 2. The van der Waals surface area contributed by atoms with Crippen LogP contribution < -0.4 is 4.90 Å². The maximum absolute atomic E-state index is 10.8. The third-order valence-corrected chi connectivity index (χ3v) is 3.04. The van der Waals surface area contributed by atoms with Crippen LogP contribution in [0.5, 0.6) is 0 Å². The summed E-state index contributed by atoms with van der Waals surface area (Å²) in [6.45, 7) is 3.45. The monoisotopic (exact) mass is 260 g/mol. The Morgan fingerprint density at radius 1 is 1.37 bits per heavy atom. The van der Waals surface area contributed by atoms with Gasteiger partial charge in [-0.15, -0.1) is 0 Å². The Labute approximate surface area is 112 Å². The molecule has 0 spiro atoms. The molecule has 1 aromatic rings. The van der Waals surface area contributed by atoms with E-state index < -0.39 is 6.09 Å². The summed E-state index contributed by atoms with van der Waals surface area (Å²) in [4.78, 5) is 14.0. The third-order valence-electron chi connectivity index (χ3n) is 3.04. The molecule has 0 radical (unpaired) electrons. The highest BCUT2D eigenvalue weighted by Crippen LogP contribution is 2.17. The van der Waals surface area contributed by atoms with E-state index in [4.69, 9.17) is 16.3 Å². The summed E-state index contributed by atoms with van der Waals surface area (Å²) >= 11 is 0. The Bertz CT molecular complexity index is 472. The average molecular weight is 260 g/mol. The Kier molecular flexibility index (Phi) is 4.26. The number of carbonyl (C=O) groups is 1. The van der Waals surface area contributed by atoms with Gasteiger partial charge in [0.05, 0.1) is 19.8 Å².